The molecule has 0 amide bonds. The van der Waals surface area contributed by atoms with Gasteiger partial charge in [-0.3, -0.25) is 4.98 Å². The molecule has 3 nitrogen and oxygen atoms in total. The van der Waals surface area contributed by atoms with Gasteiger partial charge in [-0.2, -0.15) is 0 Å². The van der Waals surface area contributed by atoms with E-state index in [1.807, 2.05) is 18.2 Å². The number of methoxy groups -OCH3 is 2. The van der Waals surface area contributed by atoms with Crippen molar-refractivity contribution < 1.29 is 9.47 Å². The molecule has 80 valence electrons. The van der Waals surface area contributed by atoms with Gasteiger partial charge in [0.15, 0.2) is 11.5 Å². The minimum Gasteiger partial charge on any atom is -0.493 e. The van der Waals surface area contributed by atoms with Gasteiger partial charge >= 0.3 is 0 Å². The van der Waals surface area contributed by atoms with Crippen LogP contribution in [0.3, 0.4) is 0 Å². The van der Waals surface area contributed by atoms with Crippen LogP contribution in [0.1, 0.15) is 0 Å². The highest BCUT2D eigenvalue weighted by molar-refractivity contribution is 5.85. The van der Waals surface area contributed by atoms with E-state index in [2.05, 4.69) is 4.98 Å². The summed E-state index contributed by atoms with van der Waals surface area (Å²) in [6, 6.07) is 5.80. The molecule has 0 atom stereocenters. The summed E-state index contributed by atoms with van der Waals surface area (Å²) in [5, 5.41) is 2.14. The molecule has 0 aliphatic rings. The quantitative estimate of drug-likeness (QED) is 0.788. The summed E-state index contributed by atoms with van der Waals surface area (Å²) in [6.45, 7) is 0. The maximum Gasteiger partial charge on any atom is 0.161 e. The molecule has 0 bridgehead atoms. The van der Waals surface area contributed by atoms with Crippen molar-refractivity contribution in [2.24, 2.45) is 0 Å². The Labute approximate surface area is 94.4 Å². The molecule has 0 N–H and O–H groups in total. The van der Waals surface area contributed by atoms with E-state index >= 15 is 0 Å². The van der Waals surface area contributed by atoms with Crippen molar-refractivity contribution in [2.75, 3.05) is 14.2 Å². The number of aromatic nitrogens is 1. The Hall–Kier alpha value is -1.48. The Morgan fingerprint density at radius 3 is 2.20 bits per heavy atom. The fraction of sp³-hybridized carbons (Fsp3) is 0.182. The van der Waals surface area contributed by atoms with Crippen molar-refractivity contribution in [3.8, 4) is 11.5 Å². The molecule has 1 aromatic heterocycles. The van der Waals surface area contributed by atoms with Crippen LogP contribution in [0.25, 0.3) is 10.8 Å². The summed E-state index contributed by atoms with van der Waals surface area (Å²) in [5.74, 6) is 1.47. The molecule has 0 radical (unpaired) electrons. The monoisotopic (exact) mass is 225 g/mol. The second-order valence-corrected chi connectivity index (χ2v) is 2.93. The molecule has 0 aliphatic heterocycles. The van der Waals surface area contributed by atoms with Gasteiger partial charge in [-0.15, -0.1) is 12.4 Å². The Kier molecular flexibility index (Phi) is 3.74. The first-order chi connectivity index (χ1) is 6.85. The Bertz CT molecular complexity index is 417. The number of hydrogen-bond donors (Lipinski definition) is 0. The molecule has 15 heavy (non-hydrogen) atoms. The van der Waals surface area contributed by atoms with E-state index in [0.29, 0.717) is 0 Å². The summed E-state index contributed by atoms with van der Waals surface area (Å²) >= 11 is 0. The molecule has 1 aromatic carbocycles. The third-order valence-corrected chi connectivity index (χ3v) is 2.14. The average Bonchev–Trinajstić information content (AvgIpc) is 2.27. The molecule has 0 spiro atoms. The Morgan fingerprint density at radius 2 is 1.60 bits per heavy atom. The van der Waals surface area contributed by atoms with Gasteiger partial charge in [0.2, 0.25) is 0 Å². The van der Waals surface area contributed by atoms with E-state index in [-0.39, 0.29) is 12.4 Å². The standard InChI is InChI=1S/C11H11NO2.ClH/c1-13-10-5-8-3-4-12-7-9(8)6-11(10)14-2;/h3-7H,1-2H3;1H. The van der Waals surface area contributed by atoms with Crippen LogP contribution in [-0.4, -0.2) is 19.2 Å². The van der Waals surface area contributed by atoms with Crippen molar-refractivity contribution in [1.29, 1.82) is 0 Å². The normalized spacial score (nSPS) is 9.47. The van der Waals surface area contributed by atoms with Crippen LogP contribution < -0.4 is 9.47 Å². The minimum atomic E-state index is 0. The summed E-state index contributed by atoms with van der Waals surface area (Å²) in [7, 11) is 3.25. The Balaban J connectivity index is 0.00000112. The molecule has 0 saturated heterocycles. The van der Waals surface area contributed by atoms with E-state index < -0.39 is 0 Å². The van der Waals surface area contributed by atoms with E-state index in [1.54, 1.807) is 26.6 Å². The van der Waals surface area contributed by atoms with Crippen LogP contribution in [0.15, 0.2) is 30.6 Å². The minimum absolute atomic E-state index is 0. The number of hydrogen-bond acceptors (Lipinski definition) is 3. The lowest BCUT2D eigenvalue weighted by Crippen LogP contribution is -1.90. The van der Waals surface area contributed by atoms with Gasteiger partial charge in [-0.25, -0.2) is 0 Å². The predicted octanol–water partition coefficient (Wildman–Crippen LogP) is 2.67. The highest BCUT2D eigenvalue weighted by atomic mass is 35.5. The number of fused-ring (bicyclic) bond motifs is 1. The third kappa shape index (κ3) is 2.13. The molecule has 0 unspecified atom stereocenters. The van der Waals surface area contributed by atoms with Crippen molar-refractivity contribution in [1.82, 2.24) is 4.98 Å². The zero-order chi connectivity index (χ0) is 9.97. The molecule has 4 heteroatoms. The van der Waals surface area contributed by atoms with Gasteiger partial charge in [-0.1, -0.05) is 0 Å². The fourth-order valence-corrected chi connectivity index (χ4v) is 1.41. The smallest absolute Gasteiger partial charge is 0.161 e. The lowest BCUT2D eigenvalue weighted by molar-refractivity contribution is 0.356. The average molecular weight is 226 g/mol. The number of rotatable bonds is 2. The maximum absolute atomic E-state index is 5.20. The first-order valence-corrected chi connectivity index (χ1v) is 4.31. The predicted molar refractivity (Wildman–Crippen MR) is 62.1 cm³/mol. The summed E-state index contributed by atoms with van der Waals surface area (Å²) in [6.07, 6.45) is 3.56. The zero-order valence-corrected chi connectivity index (χ0v) is 9.38. The van der Waals surface area contributed by atoms with E-state index in [4.69, 9.17) is 9.47 Å². The SMILES string of the molecule is COc1cc2ccncc2cc1OC.Cl. The number of ether oxygens (including phenoxy) is 2. The summed E-state index contributed by atoms with van der Waals surface area (Å²) in [4.78, 5) is 4.05. The highest BCUT2D eigenvalue weighted by Crippen LogP contribution is 2.31. The number of halogens is 1. The molecule has 2 aromatic rings. The molecular formula is C11H12ClNO2. The highest BCUT2D eigenvalue weighted by Gasteiger charge is 2.04. The van der Waals surface area contributed by atoms with Gasteiger partial charge in [0, 0.05) is 17.8 Å². The largest absolute Gasteiger partial charge is 0.493 e. The van der Waals surface area contributed by atoms with Crippen LogP contribution in [0, 0.1) is 0 Å². The van der Waals surface area contributed by atoms with Crippen LogP contribution in [0.5, 0.6) is 11.5 Å². The van der Waals surface area contributed by atoms with Gasteiger partial charge in [0.25, 0.3) is 0 Å². The van der Waals surface area contributed by atoms with E-state index in [0.717, 1.165) is 22.3 Å². The molecule has 0 fully saturated rings. The maximum atomic E-state index is 5.20. The molecular weight excluding hydrogens is 214 g/mol. The fourth-order valence-electron chi connectivity index (χ4n) is 1.41. The number of benzene rings is 1. The molecule has 2 rings (SSSR count). The second kappa shape index (κ2) is 4.84. The Morgan fingerprint density at radius 1 is 1.00 bits per heavy atom. The van der Waals surface area contributed by atoms with E-state index in [9.17, 15) is 0 Å². The van der Waals surface area contributed by atoms with Crippen LogP contribution in [0.2, 0.25) is 0 Å². The van der Waals surface area contributed by atoms with E-state index in [1.165, 1.54) is 0 Å². The zero-order valence-electron chi connectivity index (χ0n) is 8.56. The third-order valence-electron chi connectivity index (χ3n) is 2.14. The van der Waals surface area contributed by atoms with Crippen molar-refractivity contribution >= 4 is 23.2 Å². The lowest BCUT2D eigenvalue weighted by atomic mass is 10.1. The van der Waals surface area contributed by atoms with Crippen LogP contribution in [0.4, 0.5) is 0 Å². The van der Waals surface area contributed by atoms with Crippen LogP contribution >= 0.6 is 12.4 Å². The van der Waals surface area contributed by atoms with Gasteiger partial charge in [0.1, 0.15) is 0 Å². The number of pyridine rings is 1. The van der Waals surface area contributed by atoms with Gasteiger partial charge in [-0.05, 0) is 23.6 Å². The lowest BCUT2D eigenvalue weighted by Gasteiger charge is -2.08. The first-order valence-electron chi connectivity index (χ1n) is 4.31. The van der Waals surface area contributed by atoms with Crippen molar-refractivity contribution in [3.63, 3.8) is 0 Å². The van der Waals surface area contributed by atoms with Crippen molar-refractivity contribution in [2.45, 2.75) is 0 Å². The van der Waals surface area contributed by atoms with Crippen molar-refractivity contribution in [3.05, 3.63) is 30.6 Å². The molecule has 0 saturated carbocycles. The number of nitrogens with zero attached hydrogens (tertiary/aromatic N) is 1. The molecule has 0 aliphatic carbocycles. The first kappa shape index (κ1) is 11.6. The van der Waals surface area contributed by atoms with Crippen LogP contribution in [-0.2, 0) is 0 Å². The molecule has 1 heterocycles. The van der Waals surface area contributed by atoms with Gasteiger partial charge in [0.05, 0.1) is 14.2 Å². The summed E-state index contributed by atoms with van der Waals surface area (Å²) in [5.41, 5.74) is 0. The van der Waals surface area contributed by atoms with Gasteiger partial charge < -0.3 is 9.47 Å². The topological polar surface area (TPSA) is 31.4 Å². The second-order valence-electron chi connectivity index (χ2n) is 2.93. The summed E-state index contributed by atoms with van der Waals surface area (Å²) < 4.78 is 10.4.